The van der Waals surface area contributed by atoms with Crippen LogP contribution in [-0.4, -0.2) is 13.0 Å². The molecular formula is C16H17BrClNO. The van der Waals surface area contributed by atoms with Crippen molar-refractivity contribution in [1.82, 2.24) is 0 Å². The summed E-state index contributed by atoms with van der Waals surface area (Å²) in [5, 5.41) is 3.40. The quantitative estimate of drug-likeness (QED) is 0.749. The van der Waals surface area contributed by atoms with Crippen LogP contribution in [0.25, 0.3) is 0 Å². The lowest BCUT2D eigenvalue weighted by molar-refractivity contribution is 0.410. The van der Waals surface area contributed by atoms with Crippen LogP contribution in [-0.2, 0) is 13.0 Å². The number of alkyl halides is 1. The van der Waals surface area contributed by atoms with Gasteiger partial charge in [-0.25, -0.2) is 0 Å². The van der Waals surface area contributed by atoms with Gasteiger partial charge in [-0.1, -0.05) is 28.1 Å². The number of ether oxygens (including phenoxy) is 1. The highest BCUT2D eigenvalue weighted by Crippen LogP contribution is 2.24. The fourth-order valence-corrected chi connectivity index (χ4v) is 2.61. The number of benzene rings is 2. The first kappa shape index (κ1) is 15.2. The van der Waals surface area contributed by atoms with Crippen molar-refractivity contribution >= 4 is 33.2 Å². The Bertz CT molecular complexity index is 557. The smallest absolute Gasteiger partial charge is 0.123 e. The van der Waals surface area contributed by atoms with Crippen molar-refractivity contribution in [1.29, 1.82) is 0 Å². The predicted molar refractivity (Wildman–Crippen MR) is 88.9 cm³/mol. The molecule has 0 aliphatic carbocycles. The fraction of sp³-hybridized carbons (Fsp3) is 0.250. The van der Waals surface area contributed by atoms with Gasteiger partial charge in [0.1, 0.15) is 5.75 Å². The lowest BCUT2D eigenvalue weighted by Crippen LogP contribution is -2.02. The summed E-state index contributed by atoms with van der Waals surface area (Å²) in [5.41, 5.74) is 3.46. The minimum absolute atomic E-state index is 0.655. The molecule has 0 aromatic heterocycles. The molecular weight excluding hydrogens is 338 g/mol. The number of rotatable bonds is 6. The molecule has 2 aromatic rings. The summed E-state index contributed by atoms with van der Waals surface area (Å²) in [6, 6.07) is 14.4. The Kier molecular flexibility index (Phi) is 5.74. The summed E-state index contributed by atoms with van der Waals surface area (Å²) in [7, 11) is 1.69. The van der Waals surface area contributed by atoms with E-state index < -0.39 is 0 Å². The first-order valence-corrected chi connectivity index (χ1v) is 7.77. The number of halogens is 2. The Morgan fingerprint density at radius 3 is 2.55 bits per heavy atom. The van der Waals surface area contributed by atoms with Crippen LogP contribution in [0.5, 0.6) is 5.75 Å². The van der Waals surface area contributed by atoms with E-state index in [4.69, 9.17) is 16.3 Å². The van der Waals surface area contributed by atoms with Gasteiger partial charge in [-0.2, -0.15) is 0 Å². The first-order chi connectivity index (χ1) is 9.72. The Morgan fingerprint density at radius 2 is 1.90 bits per heavy atom. The summed E-state index contributed by atoms with van der Waals surface area (Å²) in [4.78, 5) is 0. The van der Waals surface area contributed by atoms with E-state index in [0.717, 1.165) is 34.4 Å². The van der Waals surface area contributed by atoms with Gasteiger partial charge in [0, 0.05) is 28.1 Å². The van der Waals surface area contributed by atoms with Gasteiger partial charge in [0.15, 0.2) is 0 Å². The third kappa shape index (κ3) is 4.15. The van der Waals surface area contributed by atoms with Crippen LogP contribution in [0.15, 0.2) is 46.9 Å². The topological polar surface area (TPSA) is 21.3 Å². The average molecular weight is 355 g/mol. The number of nitrogens with one attached hydrogen (secondary N) is 1. The van der Waals surface area contributed by atoms with Gasteiger partial charge in [-0.05, 0) is 42.3 Å². The van der Waals surface area contributed by atoms with Crippen LogP contribution in [0.3, 0.4) is 0 Å². The Morgan fingerprint density at radius 1 is 1.15 bits per heavy atom. The Balaban J connectivity index is 2.02. The van der Waals surface area contributed by atoms with Crippen LogP contribution >= 0.6 is 27.5 Å². The van der Waals surface area contributed by atoms with Crippen molar-refractivity contribution in [2.45, 2.75) is 13.0 Å². The molecule has 0 fully saturated rings. The van der Waals surface area contributed by atoms with Crippen LogP contribution in [0.1, 0.15) is 11.1 Å². The molecule has 0 aliphatic rings. The second kappa shape index (κ2) is 7.55. The van der Waals surface area contributed by atoms with Crippen LogP contribution in [0, 0.1) is 0 Å². The lowest BCUT2D eigenvalue weighted by Gasteiger charge is -2.11. The van der Waals surface area contributed by atoms with Gasteiger partial charge in [-0.15, -0.1) is 11.6 Å². The summed E-state index contributed by atoms with van der Waals surface area (Å²) < 4.78 is 6.41. The molecule has 0 saturated carbocycles. The van der Waals surface area contributed by atoms with Crippen molar-refractivity contribution in [2.75, 3.05) is 18.3 Å². The molecule has 0 heterocycles. The summed E-state index contributed by atoms with van der Waals surface area (Å²) >= 11 is 9.21. The fourth-order valence-electron chi connectivity index (χ4n) is 1.98. The monoisotopic (exact) mass is 353 g/mol. The molecule has 0 atom stereocenters. The number of hydrogen-bond donors (Lipinski definition) is 1. The molecule has 0 saturated heterocycles. The van der Waals surface area contributed by atoms with E-state index in [1.54, 1.807) is 7.11 Å². The predicted octanol–water partition coefficient (Wildman–Crippen LogP) is 4.85. The summed E-state index contributed by atoms with van der Waals surface area (Å²) in [6.45, 7) is 0.720. The van der Waals surface area contributed by atoms with Gasteiger partial charge in [0.2, 0.25) is 0 Å². The van der Waals surface area contributed by atoms with Crippen molar-refractivity contribution in [3.63, 3.8) is 0 Å². The lowest BCUT2D eigenvalue weighted by atomic mass is 10.1. The largest absolute Gasteiger partial charge is 0.496 e. The average Bonchev–Trinajstić information content (AvgIpc) is 2.47. The van der Waals surface area contributed by atoms with E-state index in [9.17, 15) is 0 Å². The summed E-state index contributed by atoms with van der Waals surface area (Å²) in [6.07, 6.45) is 0.904. The van der Waals surface area contributed by atoms with Crippen LogP contribution in [0.4, 0.5) is 5.69 Å². The molecule has 0 amide bonds. The highest BCUT2D eigenvalue weighted by Gasteiger charge is 2.03. The maximum absolute atomic E-state index is 5.73. The second-order valence-corrected chi connectivity index (χ2v) is 5.74. The molecule has 0 spiro atoms. The third-order valence-electron chi connectivity index (χ3n) is 3.06. The summed E-state index contributed by atoms with van der Waals surface area (Å²) in [5.74, 6) is 1.54. The number of aryl methyl sites for hydroxylation is 1. The number of methoxy groups -OCH3 is 1. The molecule has 106 valence electrons. The number of anilines is 1. The molecule has 2 nitrogen and oxygen atoms in total. The third-order valence-corrected chi connectivity index (χ3v) is 3.74. The molecule has 0 unspecified atom stereocenters. The van der Waals surface area contributed by atoms with Crippen molar-refractivity contribution in [2.24, 2.45) is 0 Å². The SMILES string of the molecule is COc1ccc(Br)cc1CNc1ccc(CCCl)cc1. The zero-order valence-corrected chi connectivity index (χ0v) is 13.7. The molecule has 1 N–H and O–H groups in total. The standard InChI is InChI=1S/C16H17BrClNO/c1-20-16-7-4-14(17)10-13(16)11-19-15-5-2-12(3-6-15)8-9-18/h2-7,10,19H,8-9,11H2,1H3. The maximum Gasteiger partial charge on any atom is 0.123 e. The van der Waals surface area contributed by atoms with E-state index in [1.807, 2.05) is 12.1 Å². The van der Waals surface area contributed by atoms with Crippen LogP contribution < -0.4 is 10.1 Å². The molecule has 2 aromatic carbocycles. The Labute approximate surface area is 133 Å². The van der Waals surface area contributed by atoms with E-state index in [1.165, 1.54) is 5.56 Å². The Hall–Kier alpha value is -1.19. The first-order valence-electron chi connectivity index (χ1n) is 6.44. The maximum atomic E-state index is 5.73. The van der Waals surface area contributed by atoms with Crippen molar-refractivity contribution in [3.05, 3.63) is 58.1 Å². The number of hydrogen-bond acceptors (Lipinski definition) is 2. The highest BCUT2D eigenvalue weighted by molar-refractivity contribution is 9.10. The van der Waals surface area contributed by atoms with Gasteiger partial charge in [-0.3, -0.25) is 0 Å². The van der Waals surface area contributed by atoms with Gasteiger partial charge >= 0.3 is 0 Å². The normalized spacial score (nSPS) is 10.3. The van der Waals surface area contributed by atoms with Gasteiger partial charge in [0.05, 0.1) is 7.11 Å². The molecule has 0 aliphatic heterocycles. The molecule has 0 radical (unpaired) electrons. The van der Waals surface area contributed by atoms with Crippen molar-refractivity contribution in [3.8, 4) is 5.75 Å². The van der Waals surface area contributed by atoms with E-state index in [0.29, 0.717) is 5.88 Å². The van der Waals surface area contributed by atoms with Crippen molar-refractivity contribution < 1.29 is 4.74 Å². The van der Waals surface area contributed by atoms with E-state index in [-0.39, 0.29) is 0 Å². The zero-order chi connectivity index (χ0) is 14.4. The van der Waals surface area contributed by atoms with Crippen LogP contribution in [0.2, 0.25) is 0 Å². The minimum Gasteiger partial charge on any atom is -0.496 e. The molecule has 0 bridgehead atoms. The van der Waals surface area contributed by atoms with Gasteiger partial charge in [0.25, 0.3) is 0 Å². The molecule has 20 heavy (non-hydrogen) atoms. The zero-order valence-electron chi connectivity index (χ0n) is 11.3. The van der Waals surface area contributed by atoms with E-state index >= 15 is 0 Å². The highest BCUT2D eigenvalue weighted by atomic mass is 79.9. The van der Waals surface area contributed by atoms with E-state index in [2.05, 4.69) is 51.6 Å². The molecule has 2 rings (SSSR count). The van der Waals surface area contributed by atoms with Gasteiger partial charge < -0.3 is 10.1 Å². The second-order valence-electron chi connectivity index (χ2n) is 4.45. The molecule has 4 heteroatoms. The minimum atomic E-state index is 0.655.